The van der Waals surface area contributed by atoms with Crippen LogP contribution in [0.1, 0.15) is 41.9 Å². The Balaban J connectivity index is 1.88. The normalized spacial score (nSPS) is 22.6. The van der Waals surface area contributed by atoms with Crippen LogP contribution >= 0.6 is 0 Å². The average Bonchev–Trinajstić information content (AvgIpc) is 2.56. The first-order chi connectivity index (χ1) is 9.88. The fourth-order valence-electron chi connectivity index (χ4n) is 3.31. The molecule has 1 heterocycles. The van der Waals surface area contributed by atoms with Crippen molar-refractivity contribution < 1.29 is 0 Å². The summed E-state index contributed by atoms with van der Waals surface area (Å²) in [6.07, 6.45) is 2.35. The lowest BCUT2D eigenvalue weighted by Gasteiger charge is -2.33. The van der Waals surface area contributed by atoms with E-state index in [9.17, 15) is 0 Å². The lowest BCUT2D eigenvalue weighted by Crippen LogP contribution is -2.34. The molecule has 2 atom stereocenters. The van der Waals surface area contributed by atoms with Crippen LogP contribution in [-0.2, 0) is 6.42 Å². The lowest BCUT2D eigenvalue weighted by atomic mass is 9.77. The number of piperidine rings is 1. The van der Waals surface area contributed by atoms with Gasteiger partial charge in [0.1, 0.15) is 0 Å². The van der Waals surface area contributed by atoms with Crippen LogP contribution < -0.4 is 5.32 Å². The second-order valence-corrected chi connectivity index (χ2v) is 5.71. The summed E-state index contributed by atoms with van der Waals surface area (Å²) in [5.41, 5.74) is 4.39. The van der Waals surface area contributed by atoms with Gasteiger partial charge in [0.05, 0.1) is 0 Å². The van der Waals surface area contributed by atoms with Crippen LogP contribution in [0, 0.1) is 0 Å². The Hall–Kier alpha value is -1.60. The molecule has 0 aromatic heterocycles. The van der Waals surface area contributed by atoms with Gasteiger partial charge in [-0.2, -0.15) is 0 Å². The molecular formula is C19H23N. The minimum Gasteiger partial charge on any atom is -0.316 e. The van der Waals surface area contributed by atoms with E-state index in [1.807, 2.05) is 0 Å². The van der Waals surface area contributed by atoms with Crippen molar-refractivity contribution in [2.24, 2.45) is 0 Å². The summed E-state index contributed by atoms with van der Waals surface area (Å²) in [5.74, 6) is 1.24. The van der Waals surface area contributed by atoms with Gasteiger partial charge in [-0.05, 0) is 42.0 Å². The zero-order valence-corrected chi connectivity index (χ0v) is 12.2. The minimum atomic E-state index is 0.595. The largest absolute Gasteiger partial charge is 0.316 e. The highest BCUT2D eigenvalue weighted by Gasteiger charge is 2.27. The monoisotopic (exact) mass is 265 g/mol. The smallest absolute Gasteiger partial charge is 0.00326 e. The molecule has 2 unspecified atom stereocenters. The van der Waals surface area contributed by atoms with Gasteiger partial charge in [0.15, 0.2) is 0 Å². The van der Waals surface area contributed by atoms with Crippen LogP contribution in [0.4, 0.5) is 0 Å². The second-order valence-electron chi connectivity index (χ2n) is 5.71. The first kappa shape index (κ1) is 13.4. The van der Waals surface area contributed by atoms with Crippen molar-refractivity contribution in [2.75, 3.05) is 13.1 Å². The average molecular weight is 265 g/mol. The van der Waals surface area contributed by atoms with Gasteiger partial charge in [0.25, 0.3) is 0 Å². The van der Waals surface area contributed by atoms with E-state index in [1.54, 1.807) is 0 Å². The van der Waals surface area contributed by atoms with Gasteiger partial charge in [-0.15, -0.1) is 0 Å². The van der Waals surface area contributed by atoms with Crippen molar-refractivity contribution in [2.45, 2.75) is 31.6 Å². The van der Waals surface area contributed by atoms with Gasteiger partial charge >= 0.3 is 0 Å². The molecule has 0 aliphatic carbocycles. The van der Waals surface area contributed by atoms with Crippen LogP contribution in [0.15, 0.2) is 54.6 Å². The molecule has 1 fully saturated rings. The number of nitrogens with one attached hydrogen (secondary N) is 1. The summed E-state index contributed by atoms with van der Waals surface area (Å²) in [5, 5.41) is 3.56. The van der Waals surface area contributed by atoms with Crippen LogP contribution in [-0.4, -0.2) is 13.1 Å². The number of hydrogen-bond donors (Lipinski definition) is 1. The molecule has 1 heteroatoms. The molecule has 0 bridgehead atoms. The molecule has 0 amide bonds. The molecule has 1 aliphatic rings. The molecule has 3 rings (SSSR count). The maximum atomic E-state index is 3.56. The van der Waals surface area contributed by atoms with E-state index in [-0.39, 0.29) is 0 Å². The van der Waals surface area contributed by atoms with E-state index in [2.05, 4.69) is 66.8 Å². The van der Waals surface area contributed by atoms with Gasteiger partial charge in [0.2, 0.25) is 0 Å². The molecular weight excluding hydrogens is 242 g/mol. The molecule has 1 nitrogen and oxygen atoms in total. The maximum absolute atomic E-state index is 3.56. The van der Waals surface area contributed by atoms with Gasteiger partial charge in [-0.25, -0.2) is 0 Å². The number of aryl methyl sites for hydroxylation is 1. The lowest BCUT2D eigenvalue weighted by molar-refractivity contribution is 0.404. The quantitative estimate of drug-likeness (QED) is 0.880. The summed E-state index contributed by atoms with van der Waals surface area (Å²) in [4.78, 5) is 0. The summed E-state index contributed by atoms with van der Waals surface area (Å²) in [6.45, 7) is 4.43. The fourth-order valence-corrected chi connectivity index (χ4v) is 3.31. The predicted molar refractivity (Wildman–Crippen MR) is 85.2 cm³/mol. The minimum absolute atomic E-state index is 0.595. The maximum Gasteiger partial charge on any atom is 0.00326 e. The van der Waals surface area contributed by atoms with Gasteiger partial charge in [-0.3, -0.25) is 0 Å². The molecule has 1 N–H and O–H groups in total. The number of rotatable bonds is 3. The molecule has 0 radical (unpaired) electrons. The van der Waals surface area contributed by atoms with Crippen molar-refractivity contribution >= 4 is 0 Å². The van der Waals surface area contributed by atoms with Crippen LogP contribution in [0.25, 0.3) is 0 Å². The van der Waals surface area contributed by atoms with Crippen LogP contribution in [0.5, 0.6) is 0 Å². The van der Waals surface area contributed by atoms with Crippen molar-refractivity contribution in [1.29, 1.82) is 0 Å². The standard InChI is InChI=1S/C19H23N/c1-2-15-8-10-17(11-9-15)18-12-13-20-14-19(18)16-6-4-3-5-7-16/h3-11,18-20H,2,12-14H2,1H3. The number of benzene rings is 2. The Morgan fingerprint density at radius 3 is 2.30 bits per heavy atom. The highest BCUT2D eigenvalue weighted by Crippen LogP contribution is 2.37. The zero-order chi connectivity index (χ0) is 13.8. The first-order valence-corrected chi connectivity index (χ1v) is 7.73. The molecule has 0 saturated carbocycles. The van der Waals surface area contributed by atoms with Crippen molar-refractivity contribution in [3.63, 3.8) is 0 Å². The van der Waals surface area contributed by atoms with Crippen LogP contribution in [0.2, 0.25) is 0 Å². The van der Waals surface area contributed by atoms with Crippen LogP contribution in [0.3, 0.4) is 0 Å². The van der Waals surface area contributed by atoms with Gasteiger partial charge in [0, 0.05) is 12.5 Å². The zero-order valence-electron chi connectivity index (χ0n) is 12.2. The molecule has 2 aromatic carbocycles. The van der Waals surface area contributed by atoms with Crippen molar-refractivity contribution in [3.05, 3.63) is 71.3 Å². The van der Waals surface area contributed by atoms with E-state index in [1.165, 1.54) is 23.1 Å². The molecule has 1 saturated heterocycles. The highest BCUT2D eigenvalue weighted by molar-refractivity contribution is 5.32. The Morgan fingerprint density at radius 1 is 0.900 bits per heavy atom. The summed E-state index contributed by atoms with van der Waals surface area (Å²) < 4.78 is 0. The summed E-state index contributed by atoms with van der Waals surface area (Å²) in [6, 6.07) is 20.2. The van der Waals surface area contributed by atoms with E-state index < -0.39 is 0 Å². The van der Waals surface area contributed by atoms with Gasteiger partial charge < -0.3 is 5.32 Å². The summed E-state index contributed by atoms with van der Waals surface area (Å²) in [7, 11) is 0. The Kier molecular flexibility index (Phi) is 4.17. The molecule has 20 heavy (non-hydrogen) atoms. The molecule has 1 aliphatic heterocycles. The third-order valence-corrected chi connectivity index (χ3v) is 4.53. The van der Waals surface area contributed by atoms with Crippen molar-refractivity contribution in [1.82, 2.24) is 5.32 Å². The number of hydrogen-bond acceptors (Lipinski definition) is 1. The first-order valence-electron chi connectivity index (χ1n) is 7.73. The van der Waals surface area contributed by atoms with E-state index in [0.717, 1.165) is 19.5 Å². The molecule has 0 spiro atoms. The molecule has 2 aromatic rings. The Morgan fingerprint density at radius 2 is 1.60 bits per heavy atom. The van der Waals surface area contributed by atoms with Gasteiger partial charge in [-0.1, -0.05) is 61.5 Å². The SMILES string of the molecule is CCc1ccc(C2CCNCC2c2ccccc2)cc1. The predicted octanol–water partition coefficient (Wildman–Crippen LogP) is 4.11. The van der Waals surface area contributed by atoms with E-state index >= 15 is 0 Å². The van der Waals surface area contributed by atoms with E-state index in [0.29, 0.717) is 11.8 Å². The highest BCUT2D eigenvalue weighted by atomic mass is 14.9. The molecule has 104 valence electrons. The Labute approximate surface area is 122 Å². The van der Waals surface area contributed by atoms with E-state index in [4.69, 9.17) is 0 Å². The van der Waals surface area contributed by atoms with Crippen molar-refractivity contribution in [3.8, 4) is 0 Å². The topological polar surface area (TPSA) is 12.0 Å². The fraction of sp³-hybridized carbons (Fsp3) is 0.368. The Bertz CT molecular complexity index is 529. The third kappa shape index (κ3) is 2.78. The second kappa shape index (κ2) is 6.23. The third-order valence-electron chi connectivity index (χ3n) is 4.53. The summed E-state index contributed by atoms with van der Waals surface area (Å²) >= 11 is 0.